The summed E-state index contributed by atoms with van der Waals surface area (Å²) in [5.41, 5.74) is -0.0339. The van der Waals surface area contributed by atoms with E-state index in [1.54, 1.807) is 0 Å². The summed E-state index contributed by atoms with van der Waals surface area (Å²) in [6.45, 7) is 5.94. The number of hydrogen-bond acceptors (Lipinski definition) is 2. The van der Waals surface area contributed by atoms with Crippen molar-refractivity contribution < 1.29 is 5.21 Å². The van der Waals surface area contributed by atoms with Gasteiger partial charge in [0.2, 0.25) is 0 Å². The number of halogens is 1. The number of alkyl halides is 1. The predicted molar refractivity (Wildman–Crippen MR) is 39.4 cm³/mol. The molecule has 1 N–H and O–H groups in total. The monoisotopic (exact) mass is 149 g/mol. The van der Waals surface area contributed by atoms with Crippen molar-refractivity contribution in [3.63, 3.8) is 0 Å². The molecule has 54 valence electrons. The fourth-order valence-corrected chi connectivity index (χ4v) is 0.333. The second kappa shape index (κ2) is 3.06. The van der Waals surface area contributed by atoms with E-state index in [-0.39, 0.29) is 10.8 Å². The van der Waals surface area contributed by atoms with Crippen LogP contribution in [0.5, 0.6) is 0 Å². The van der Waals surface area contributed by atoms with Crippen molar-refractivity contribution in [1.82, 2.24) is 0 Å². The molecule has 0 aliphatic carbocycles. The molecule has 0 fully saturated rings. The first-order chi connectivity index (χ1) is 3.98. The molecule has 0 aromatic rings. The second-order valence-corrected chi connectivity index (χ2v) is 3.50. The minimum Gasteiger partial charge on any atom is -0.411 e. The van der Waals surface area contributed by atoms with Gasteiger partial charge in [-0.3, -0.25) is 0 Å². The topological polar surface area (TPSA) is 32.6 Å². The summed E-state index contributed by atoms with van der Waals surface area (Å²) in [6, 6.07) is 0. The zero-order valence-electron chi connectivity index (χ0n) is 5.93. The molecular weight excluding hydrogens is 138 g/mol. The Morgan fingerprint density at radius 3 is 2.11 bits per heavy atom. The van der Waals surface area contributed by atoms with Crippen molar-refractivity contribution in [2.75, 3.05) is 0 Å². The quantitative estimate of drug-likeness (QED) is 0.263. The van der Waals surface area contributed by atoms with E-state index >= 15 is 0 Å². The Labute approximate surface area is 60.5 Å². The van der Waals surface area contributed by atoms with E-state index in [4.69, 9.17) is 16.8 Å². The van der Waals surface area contributed by atoms with Gasteiger partial charge in [-0.2, -0.15) is 0 Å². The summed E-state index contributed by atoms with van der Waals surface area (Å²) < 4.78 is 0. The van der Waals surface area contributed by atoms with Gasteiger partial charge in [-0.15, -0.1) is 16.8 Å². The largest absolute Gasteiger partial charge is 0.411 e. The van der Waals surface area contributed by atoms with Gasteiger partial charge >= 0.3 is 0 Å². The van der Waals surface area contributed by atoms with Crippen molar-refractivity contribution in [2.45, 2.75) is 26.1 Å². The van der Waals surface area contributed by atoms with E-state index in [9.17, 15) is 0 Å². The van der Waals surface area contributed by atoms with Crippen LogP contribution in [0.15, 0.2) is 5.16 Å². The van der Waals surface area contributed by atoms with E-state index in [1.807, 2.05) is 20.8 Å². The molecule has 9 heavy (non-hydrogen) atoms. The maximum atomic E-state index is 8.09. The molecule has 0 radical (unpaired) electrons. The van der Waals surface area contributed by atoms with Gasteiger partial charge in [-0.1, -0.05) is 20.8 Å². The SMILES string of the molecule is CC(C)(C)C(Cl)/C=N/O. The molecule has 2 nitrogen and oxygen atoms in total. The van der Waals surface area contributed by atoms with Crippen LogP contribution in [0, 0.1) is 5.41 Å². The summed E-state index contributed by atoms with van der Waals surface area (Å²) in [5.74, 6) is 0. The van der Waals surface area contributed by atoms with Gasteiger partial charge in [-0.25, -0.2) is 0 Å². The van der Waals surface area contributed by atoms with E-state index in [0.29, 0.717) is 0 Å². The van der Waals surface area contributed by atoms with E-state index in [0.717, 1.165) is 0 Å². The van der Waals surface area contributed by atoms with Gasteiger partial charge in [0.05, 0.1) is 11.6 Å². The maximum absolute atomic E-state index is 8.09. The van der Waals surface area contributed by atoms with Crippen molar-refractivity contribution >= 4 is 17.8 Å². The van der Waals surface area contributed by atoms with Crippen molar-refractivity contribution in [3.05, 3.63) is 0 Å². The normalized spacial score (nSPS) is 16.4. The Morgan fingerprint density at radius 2 is 2.00 bits per heavy atom. The molecule has 0 rings (SSSR count). The summed E-state index contributed by atoms with van der Waals surface area (Å²) in [6.07, 6.45) is 1.32. The number of oxime groups is 1. The fraction of sp³-hybridized carbons (Fsp3) is 0.833. The predicted octanol–water partition coefficient (Wildman–Crippen LogP) is 2.10. The third-order valence-electron chi connectivity index (χ3n) is 1.02. The zero-order chi connectivity index (χ0) is 7.49. The average Bonchev–Trinajstić information content (AvgIpc) is 1.64. The first-order valence-electron chi connectivity index (χ1n) is 2.80. The first-order valence-corrected chi connectivity index (χ1v) is 3.23. The summed E-state index contributed by atoms with van der Waals surface area (Å²) in [7, 11) is 0. The van der Waals surface area contributed by atoms with Crippen LogP contribution < -0.4 is 0 Å². The standard InChI is InChI=1S/C6H12ClNO/c1-6(2,3)5(7)4-8-9/h4-5,9H,1-3H3/b8-4+. The van der Waals surface area contributed by atoms with Gasteiger partial charge in [-0.05, 0) is 5.41 Å². The fourth-order valence-electron chi connectivity index (χ4n) is 0.282. The van der Waals surface area contributed by atoms with Gasteiger partial charge < -0.3 is 5.21 Å². The highest BCUT2D eigenvalue weighted by atomic mass is 35.5. The molecule has 0 heterocycles. The van der Waals surface area contributed by atoms with Gasteiger partial charge in [0.15, 0.2) is 0 Å². The van der Waals surface area contributed by atoms with E-state index in [1.165, 1.54) is 6.21 Å². The van der Waals surface area contributed by atoms with Crippen molar-refractivity contribution in [3.8, 4) is 0 Å². The van der Waals surface area contributed by atoms with Crippen LogP contribution in [-0.4, -0.2) is 16.8 Å². The van der Waals surface area contributed by atoms with E-state index in [2.05, 4.69) is 5.16 Å². The Morgan fingerprint density at radius 1 is 1.56 bits per heavy atom. The highest BCUT2D eigenvalue weighted by Gasteiger charge is 2.19. The molecule has 0 saturated carbocycles. The summed E-state index contributed by atoms with van der Waals surface area (Å²) >= 11 is 5.75. The molecule has 3 heteroatoms. The van der Waals surface area contributed by atoms with Crippen LogP contribution in [0.3, 0.4) is 0 Å². The molecule has 1 atom stereocenters. The molecule has 0 amide bonds. The molecule has 0 aromatic carbocycles. The van der Waals surface area contributed by atoms with Crippen LogP contribution in [0.25, 0.3) is 0 Å². The zero-order valence-corrected chi connectivity index (χ0v) is 6.68. The molecular formula is C6H12ClNO. The number of hydrogen-bond donors (Lipinski definition) is 1. The lowest BCUT2D eigenvalue weighted by atomic mass is 9.92. The van der Waals surface area contributed by atoms with Crippen LogP contribution >= 0.6 is 11.6 Å². The third kappa shape index (κ3) is 3.36. The lowest BCUT2D eigenvalue weighted by molar-refractivity contribution is 0.317. The third-order valence-corrected chi connectivity index (χ3v) is 1.79. The van der Waals surface area contributed by atoms with Gasteiger partial charge in [0.25, 0.3) is 0 Å². The van der Waals surface area contributed by atoms with E-state index < -0.39 is 0 Å². The maximum Gasteiger partial charge on any atom is 0.0769 e. The van der Waals surface area contributed by atoms with Crippen molar-refractivity contribution in [2.24, 2.45) is 10.6 Å². The second-order valence-electron chi connectivity index (χ2n) is 3.03. The Balaban J connectivity index is 3.88. The minimum atomic E-state index is -0.206. The lowest BCUT2D eigenvalue weighted by Gasteiger charge is -2.20. The van der Waals surface area contributed by atoms with Crippen LogP contribution in [0.2, 0.25) is 0 Å². The molecule has 0 spiro atoms. The Bertz CT molecular complexity index is 106. The molecule has 0 aliphatic rings. The van der Waals surface area contributed by atoms with Gasteiger partial charge in [0.1, 0.15) is 0 Å². The summed E-state index contributed by atoms with van der Waals surface area (Å²) in [5, 5.41) is 10.7. The highest BCUT2D eigenvalue weighted by Crippen LogP contribution is 2.22. The smallest absolute Gasteiger partial charge is 0.0769 e. The molecule has 0 saturated heterocycles. The molecule has 0 bridgehead atoms. The summed E-state index contributed by atoms with van der Waals surface area (Å²) in [4.78, 5) is 0. The van der Waals surface area contributed by atoms with Crippen molar-refractivity contribution in [1.29, 1.82) is 0 Å². The number of nitrogens with zero attached hydrogens (tertiary/aromatic N) is 1. The number of rotatable bonds is 1. The van der Waals surface area contributed by atoms with Crippen LogP contribution in [0.4, 0.5) is 0 Å². The lowest BCUT2D eigenvalue weighted by Crippen LogP contribution is -2.21. The Kier molecular flexibility index (Phi) is 2.98. The van der Waals surface area contributed by atoms with Gasteiger partial charge in [0, 0.05) is 0 Å². The minimum absolute atomic E-state index is 0.0339. The van der Waals surface area contributed by atoms with Crippen LogP contribution in [0.1, 0.15) is 20.8 Å². The molecule has 1 unspecified atom stereocenters. The molecule has 0 aliphatic heterocycles. The average molecular weight is 150 g/mol. The Hall–Kier alpha value is -0.240. The molecule has 0 aromatic heterocycles. The van der Waals surface area contributed by atoms with Crippen LogP contribution in [-0.2, 0) is 0 Å². The first kappa shape index (κ1) is 8.76. The highest BCUT2D eigenvalue weighted by molar-refractivity contribution is 6.28.